The van der Waals surface area contributed by atoms with Crippen LogP contribution in [0.15, 0.2) is 44.8 Å². The Morgan fingerprint density at radius 1 is 1.38 bits per heavy atom. The van der Waals surface area contributed by atoms with Crippen molar-refractivity contribution in [1.82, 2.24) is 0 Å². The Morgan fingerprint density at radius 3 is 2.75 bits per heavy atom. The van der Waals surface area contributed by atoms with Crippen molar-refractivity contribution in [3.63, 3.8) is 0 Å². The number of non-ortho nitro benzene ring substituents is 1. The first-order chi connectivity index (χ1) is 7.66. The fraction of sp³-hybridized carbons (Fsp3) is 0. The molecule has 16 heavy (non-hydrogen) atoms. The van der Waals surface area contributed by atoms with Crippen molar-refractivity contribution in [2.45, 2.75) is 9.10 Å². The third-order valence-electron chi connectivity index (χ3n) is 1.83. The van der Waals surface area contributed by atoms with Crippen LogP contribution in [-0.2, 0) is 0 Å². The molecule has 0 unspecified atom stereocenters. The number of nitrogens with zero attached hydrogens (tertiary/aromatic N) is 1. The van der Waals surface area contributed by atoms with Gasteiger partial charge < -0.3 is 0 Å². The van der Waals surface area contributed by atoms with Gasteiger partial charge in [-0.25, -0.2) is 0 Å². The van der Waals surface area contributed by atoms with Gasteiger partial charge in [0.2, 0.25) is 0 Å². The molecule has 0 aliphatic heterocycles. The summed E-state index contributed by atoms with van der Waals surface area (Å²) in [5.74, 6) is 0. The van der Waals surface area contributed by atoms with Gasteiger partial charge in [-0.1, -0.05) is 29.4 Å². The topological polar surface area (TPSA) is 43.1 Å². The molecule has 82 valence electrons. The van der Waals surface area contributed by atoms with Gasteiger partial charge in [0.05, 0.1) is 14.2 Å². The number of rotatable bonds is 3. The number of benzene rings is 1. The molecule has 1 aromatic heterocycles. The quantitative estimate of drug-likeness (QED) is 0.611. The van der Waals surface area contributed by atoms with Gasteiger partial charge in [-0.05, 0) is 17.5 Å². The van der Waals surface area contributed by atoms with Gasteiger partial charge in [-0.2, -0.15) is 0 Å². The SMILES string of the molecule is O=[N+]([O-])c1ccc(Sc2cccs2)c(Cl)c1. The van der Waals surface area contributed by atoms with Crippen LogP contribution in [0.1, 0.15) is 0 Å². The van der Waals surface area contributed by atoms with Gasteiger partial charge in [-0.3, -0.25) is 10.1 Å². The lowest BCUT2D eigenvalue weighted by Gasteiger charge is -2.01. The van der Waals surface area contributed by atoms with Crippen LogP contribution in [0.4, 0.5) is 5.69 Å². The van der Waals surface area contributed by atoms with Crippen molar-refractivity contribution >= 4 is 40.4 Å². The van der Waals surface area contributed by atoms with Crippen molar-refractivity contribution in [2.75, 3.05) is 0 Å². The second-order valence-electron chi connectivity index (χ2n) is 2.91. The van der Waals surface area contributed by atoms with E-state index in [9.17, 15) is 10.1 Å². The summed E-state index contributed by atoms with van der Waals surface area (Å²) < 4.78 is 1.11. The van der Waals surface area contributed by atoms with Crippen molar-refractivity contribution < 1.29 is 4.92 Å². The molecule has 0 radical (unpaired) electrons. The Bertz CT molecular complexity index is 514. The van der Waals surface area contributed by atoms with E-state index in [4.69, 9.17) is 11.6 Å². The zero-order chi connectivity index (χ0) is 11.5. The van der Waals surface area contributed by atoms with E-state index in [-0.39, 0.29) is 5.69 Å². The van der Waals surface area contributed by atoms with Gasteiger partial charge in [0.15, 0.2) is 0 Å². The van der Waals surface area contributed by atoms with Crippen LogP contribution in [0.5, 0.6) is 0 Å². The van der Waals surface area contributed by atoms with Crippen LogP contribution in [0.2, 0.25) is 5.02 Å². The van der Waals surface area contributed by atoms with Crippen LogP contribution < -0.4 is 0 Å². The van der Waals surface area contributed by atoms with Crippen molar-refractivity contribution in [3.8, 4) is 0 Å². The van der Waals surface area contributed by atoms with Crippen molar-refractivity contribution in [3.05, 3.63) is 50.8 Å². The number of halogens is 1. The first-order valence-electron chi connectivity index (χ1n) is 4.32. The fourth-order valence-corrected chi connectivity index (χ4v) is 3.14. The number of thiophene rings is 1. The Morgan fingerprint density at radius 2 is 2.19 bits per heavy atom. The summed E-state index contributed by atoms with van der Waals surface area (Å²) in [6.45, 7) is 0. The molecule has 0 N–H and O–H groups in total. The first kappa shape index (κ1) is 11.4. The highest BCUT2D eigenvalue weighted by molar-refractivity contribution is 8.01. The standard InChI is InChI=1S/C10H6ClNO2S2/c11-8-6-7(12(13)14)3-4-9(8)16-10-2-1-5-15-10/h1-6H. The Balaban J connectivity index is 2.26. The van der Waals surface area contributed by atoms with Crippen LogP contribution >= 0.6 is 34.7 Å². The van der Waals surface area contributed by atoms with Crippen LogP contribution in [0.3, 0.4) is 0 Å². The molecular weight excluding hydrogens is 266 g/mol. The Hall–Kier alpha value is -1.04. The molecule has 0 saturated heterocycles. The summed E-state index contributed by atoms with van der Waals surface area (Å²) in [6, 6.07) is 8.43. The van der Waals surface area contributed by atoms with Gasteiger partial charge in [-0.15, -0.1) is 11.3 Å². The highest BCUT2D eigenvalue weighted by Crippen LogP contribution is 2.37. The largest absolute Gasteiger partial charge is 0.270 e. The molecule has 0 fully saturated rings. The Labute approximate surface area is 105 Å². The van der Waals surface area contributed by atoms with Crippen molar-refractivity contribution in [2.24, 2.45) is 0 Å². The second kappa shape index (κ2) is 4.86. The molecule has 0 amide bonds. The second-order valence-corrected chi connectivity index (χ2v) is 5.60. The highest BCUT2D eigenvalue weighted by atomic mass is 35.5. The smallest absolute Gasteiger partial charge is 0.258 e. The van der Waals surface area contributed by atoms with Gasteiger partial charge in [0.25, 0.3) is 5.69 Å². The number of hydrogen-bond donors (Lipinski definition) is 0. The maximum atomic E-state index is 10.5. The summed E-state index contributed by atoms with van der Waals surface area (Å²) in [4.78, 5) is 10.9. The fourth-order valence-electron chi connectivity index (χ4n) is 1.12. The molecule has 0 spiro atoms. The van der Waals surface area contributed by atoms with Gasteiger partial charge in [0, 0.05) is 17.0 Å². The summed E-state index contributed by atoms with van der Waals surface area (Å²) >= 11 is 9.08. The molecule has 0 atom stereocenters. The van der Waals surface area contributed by atoms with E-state index in [2.05, 4.69) is 0 Å². The molecule has 3 nitrogen and oxygen atoms in total. The van der Waals surface area contributed by atoms with Gasteiger partial charge >= 0.3 is 0 Å². The van der Waals surface area contributed by atoms with Crippen LogP contribution in [-0.4, -0.2) is 4.92 Å². The minimum atomic E-state index is -0.453. The number of nitro groups is 1. The zero-order valence-corrected chi connectivity index (χ0v) is 10.3. The molecule has 6 heteroatoms. The summed E-state index contributed by atoms with van der Waals surface area (Å²) in [7, 11) is 0. The van der Waals surface area contributed by atoms with E-state index >= 15 is 0 Å². The molecular formula is C10H6ClNO2S2. The summed E-state index contributed by atoms with van der Waals surface area (Å²) in [5, 5.41) is 12.9. The van der Waals surface area contributed by atoms with E-state index in [1.807, 2.05) is 17.5 Å². The van der Waals surface area contributed by atoms with Crippen molar-refractivity contribution in [1.29, 1.82) is 0 Å². The Kier molecular flexibility index (Phi) is 3.48. The lowest BCUT2D eigenvalue weighted by Crippen LogP contribution is -1.87. The number of nitro benzene ring substituents is 1. The van der Waals surface area contributed by atoms with E-state index in [0.717, 1.165) is 9.10 Å². The third kappa shape index (κ3) is 2.55. The molecule has 1 aromatic carbocycles. The summed E-state index contributed by atoms with van der Waals surface area (Å²) in [5.41, 5.74) is 0.0144. The first-order valence-corrected chi connectivity index (χ1v) is 6.39. The predicted molar refractivity (Wildman–Crippen MR) is 66.5 cm³/mol. The van der Waals surface area contributed by atoms with E-state index in [1.54, 1.807) is 17.4 Å². The monoisotopic (exact) mass is 271 g/mol. The molecule has 0 bridgehead atoms. The lowest BCUT2D eigenvalue weighted by atomic mass is 10.3. The maximum absolute atomic E-state index is 10.5. The van der Waals surface area contributed by atoms with E-state index in [1.165, 1.54) is 23.9 Å². The average molecular weight is 272 g/mol. The summed E-state index contributed by atoms with van der Waals surface area (Å²) in [6.07, 6.45) is 0. The highest BCUT2D eigenvalue weighted by Gasteiger charge is 2.10. The molecule has 0 aliphatic rings. The number of hydrogen-bond acceptors (Lipinski definition) is 4. The molecule has 1 heterocycles. The third-order valence-corrected chi connectivity index (χ3v) is 4.37. The maximum Gasteiger partial charge on any atom is 0.270 e. The minimum Gasteiger partial charge on any atom is -0.258 e. The minimum absolute atomic E-state index is 0.0144. The molecule has 2 aromatic rings. The molecule has 0 aliphatic carbocycles. The van der Waals surface area contributed by atoms with E-state index < -0.39 is 4.92 Å². The molecule has 2 rings (SSSR count). The average Bonchev–Trinajstić information content (AvgIpc) is 2.73. The van der Waals surface area contributed by atoms with Gasteiger partial charge in [0.1, 0.15) is 0 Å². The van der Waals surface area contributed by atoms with Crippen LogP contribution in [0.25, 0.3) is 0 Å². The normalized spacial score (nSPS) is 10.3. The van der Waals surface area contributed by atoms with Crippen LogP contribution in [0, 0.1) is 10.1 Å². The van der Waals surface area contributed by atoms with E-state index in [0.29, 0.717) is 5.02 Å². The lowest BCUT2D eigenvalue weighted by molar-refractivity contribution is -0.384. The predicted octanol–water partition coefficient (Wildman–Crippen LogP) is 4.46. The zero-order valence-electron chi connectivity index (χ0n) is 7.92. The molecule has 0 saturated carbocycles.